The number of thiazole rings is 1. The number of para-hydroxylation sites is 2. The van der Waals surface area contributed by atoms with Crippen LogP contribution in [0.15, 0.2) is 29.6 Å². The van der Waals surface area contributed by atoms with Crippen LogP contribution in [0.3, 0.4) is 0 Å². The van der Waals surface area contributed by atoms with Crippen molar-refractivity contribution >= 4 is 68.7 Å². The highest BCUT2D eigenvalue weighted by Gasteiger charge is 2.30. The Morgan fingerprint density at radius 1 is 1.08 bits per heavy atom. The lowest BCUT2D eigenvalue weighted by atomic mass is 9.97. The van der Waals surface area contributed by atoms with E-state index in [0.29, 0.717) is 35.4 Å². The number of anilines is 2. The van der Waals surface area contributed by atoms with Crippen molar-refractivity contribution in [2.24, 2.45) is 0 Å². The van der Waals surface area contributed by atoms with Crippen LogP contribution in [-0.2, 0) is 9.59 Å². The van der Waals surface area contributed by atoms with Gasteiger partial charge in [0.1, 0.15) is 10.0 Å². The number of carbonyl (C=O) groups excluding carboxylic acids is 3. The molecule has 3 aliphatic heterocycles. The summed E-state index contributed by atoms with van der Waals surface area (Å²) >= 11 is 8.07. The van der Waals surface area contributed by atoms with Crippen molar-refractivity contribution in [3.63, 3.8) is 0 Å². The number of hydrogen-bond acceptors (Lipinski definition) is 8. The van der Waals surface area contributed by atoms with E-state index >= 15 is 0 Å². The van der Waals surface area contributed by atoms with Gasteiger partial charge in [-0.3, -0.25) is 19.3 Å². The molecule has 8 nitrogen and oxygen atoms in total. The van der Waals surface area contributed by atoms with E-state index in [1.54, 1.807) is 0 Å². The third kappa shape index (κ3) is 6.15. The van der Waals surface area contributed by atoms with Gasteiger partial charge < -0.3 is 15.1 Å². The standard InChI is InChI=1S/C26H31N5O3S3/c32-22(10-15-31-23(33)17-37-26(31)35)30-13-8-18(9-14-30)25-28-20(16-36-25)24(34)27-19-6-2-3-7-21(19)29-11-4-1-5-12-29/h2-3,6-7,16,18H,1,4-5,8-15,17H2,(H,27,34). The summed E-state index contributed by atoms with van der Waals surface area (Å²) < 4.78 is 0.565. The summed E-state index contributed by atoms with van der Waals surface area (Å²) in [5, 5.41) is 5.86. The summed E-state index contributed by atoms with van der Waals surface area (Å²) in [7, 11) is 0. The topological polar surface area (TPSA) is 85.9 Å². The number of nitrogens with zero attached hydrogens (tertiary/aromatic N) is 4. The van der Waals surface area contributed by atoms with E-state index in [2.05, 4.69) is 21.3 Å². The number of nitrogens with one attached hydrogen (secondary N) is 1. The number of thiocarbonyl (C=S) groups is 1. The number of likely N-dealkylation sites (tertiary alicyclic amines) is 1. The molecule has 4 heterocycles. The minimum Gasteiger partial charge on any atom is -0.370 e. The van der Waals surface area contributed by atoms with Gasteiger partial charge in [-0.05, 0) is 44.2 Å². The van der Waals surface area contributed by atoms with Crippen molar-refractivity contribution in [2.75, 3.05) is 48.7 Å². The molecule has 2 aromatic rings. The van der Waals surface area contributed by atoms with Gasteiger partial charge in [0.15, 0.2) is 0 Å². The predicted octanol–water partition coefficient (Wildman–Crippen LogP) is 4.34. The zero-order valence-electron chi connectivity index (χ0n) is 20.7. The van der Waals surface area contributed by atoms with Gasteiger partial charge in [-0.2, -0.15) is 0 Å². The van der Waals surface area contributed by atoms with Crippen LogP contribution < -0.4 is 10.2 Å². The van der Waals surface area contributed by atoms with Gasteiger partial charge in [-0.15, -0.1) is 11.3 Å². The third-order valence-corrected chi connectivity index (χ3v) is 9.63. The Kier molecular flexibility index (Phi) is 8.41. The minimum absolute atomic E-state index is 0.0138. The second-order valence-electron chi connectivity index (χ2n) is 9.59. The smallest absolute Gasteiger partial charge is 0.275 e. The van der Waals surface area contributed by atoms with Crippen LogP contribution in [0.25, 0.3) is 0 Å². The zero-order valence-corrected chi connectivity index (χ0v) is 23.1. The lowest BCUT2D eigenvalue weighted by Gasteiger charge is -2.31. The maximum absolute atomic E-state index is 13.0. The van der Waals surface area contributed by atoms with Gasteiger partial charge in [0.2, 0.25) is 11.8 Å². The van der Waals surface area contributed by atoms with Crippen molar-refractivity contribution in [1.82, 2.24) is 14.8 Å². The molecule has 37 heavy (non-hydrogen) atoms. The number of aromatic nitrogens is 1. The van der Waals surface area contributed by atoms with Gasteiger partial charge >= 0.3 is 0 Å². The van der Waals surface area contributed by atoms with E-state index < -0.39 is 0 Å². The number of carbonyl (C=O) groups is 3. The van der Waals surface area contributed by atoms with E-state index in [0.717, 1.165) is 42.3 Å². The van der Waals surface area contributed by atoms with Crippen LogP contribution >= 0.6 is 35.3 Å². The van der Waals surface area contributed by atoms with Gasteiger partial charge in [0, 0.05) is 50.4 Å². The molecule has 0 aliphatic carbocycles. The Morgan fingerprint density at radius 2 is 1.84 bits per heavy atom. The summed E-state index contributed by atoms with van der Waals surface area (Å²) in [5.41, 5.74) is 2.33. The average Bonchev–Trinajstić information content (AvgIpc) is 3.55. The van der Waals surface area contributed by atoms with Crippen molar-refractivity contribution in [2.45, 2.75) is 44.4 Å². The second-order valence-corrected chi connectivity index (χ2v) is 12.1. The minimum atomic E-state index is -0.188. The fraction of sp³-hybridized carbons (Fsp3) is 0.500. The maximum atomic E-state index is 13.0. The fourth-order valence-electron chi connectivity index (χ4n) is 5.09. The summed E-state index contributed by atoms with van der Waals surface area (Å²) in [4.78, 5) is 48.0. The summed E-state index contributed by atoms with van der Waals surface area (Å²) in [6.07, 6.45) is 5.52. The van der Waals surface area contributed by atoms with Crippen molar-refractivity contribution in [1.29, 1.82) is 0 Å². The van der Waals surface area contributed by atoms with Gasteiger partial charge in [0.25, 0.3) is 5.91 Å². The van der Waals surface area contributed by atoms with Crippen LogP contribution in [0.4, 0.5) is 11.4 Å². The normalized spacial score (nSPS) is 19.0. The maximum Gasteiger partial charge on any atom is 0.275 e. The average molecular weight is 558 g/mol. The molecule has 1 N–H and O–H groups in total. The highest BCUT2D eigenvalue weighted by Crippen LogP contribution is 2.32. The molecule has 0 bridgehead atoms. The van der Waals surface area contributed by atoms with Gasteiger partial charge in [-0.25, -0.2) is 4.98 Å². The van der Waals surface area contributed by atoms with Crippen molar-refractivity contribution < 1.29 is 14.4 Å². The Morgan fingerprint density at radius 3 is 2.57 bits per heavy atom. The first-order valence-electron chi connectivity index (χ1n) is 12.9. The van der Waals surface area contributed by atoms with E-state index in [9.17, 15) is 14.4 Å². The number of benzene rings is 1. The van der Waals surface area contributed by atoms with Crippen LogP contribution in [0.2, 0.25) is 0 Å². The molecule has 3 aliphatic rings. The molecule has 3 amide bonds. The zero-order chi connectivity index (χ0) is 25.8. The Bertz CT molecular complexity index is 1160. The van der Waals surface area contributed by atoms with Gasteiger partial charge in [0.05, 0.1) is 22.1 Å². The third-order valence-electron chi connectivity index (χ3n) is 7.19. The molecule has 3 fully saturated rings. The SMILES string of the molecule is O=C(Nc1ccccc1N1CCCCC1)c1csc(C2CCN(C(=O)CCN3C(=O)CSC3=S)CC2)n1. The molecule has 1 aromatic heterocycles. The monoisotopic (exact) mass is 557 g/mol. The van der Waals surface area contributed by atoms with Crippen LogP contribution in [0.5, 0.6) is 0 Å². The predicted molar refractivity (Wildman–Crippen MR) is 153 cm³/mol. The first kappa shape index (κ1) is 26.1. The van der Waals surface area contributed by atoms with Crippen LogP contribution in [-0.4, -0.2) is 75.3 Å². The highest BCUT2D eigenvalue weighted by molar-refractivity contribution is 8.23. The van der Waals surface area contributed by atoms with Crippen LogP contribution in [0.1, 0.15) is 59.9 Å². The Labute approximate surface area is 230 Å². The lowest BCUT2D eigenvalue weighted by Crippen LogP contribution is -2.40. The van der Waals surface area contributed by atoms with Crippen LogP contribution in [0, 0.1) is 0 Å². The Balaban J connectivity index is 1.13. The largest absolute Gasteiger partial charge is 0.370 e. The summed E-state index contributed by atoms with van der Waals surface area (Å²) in [6.45, 7) is 3.69. The molecule has 5 rings (SSSR count). The molecule has 196 valence electrons. The number of piperidine rings is 2. The van der Waals surface area contributed by atoms with Gasteiger partial charge in [-0.1, -0.05) is 36.1 Å². The Hall–Kier alpha value is -2.50. The number of hydrogen-bond donors (Lipinski definition) is 1. The molecule has 0 saturated carbocycles. The van der Waals surface area contributed by atoms with E-state index in [1.807, 2.05) is 28.5 Å². The molecule has 3 saturated heterocycles. The quantitative estimate of drug-likeness (QED) is 0.507. The van der Waals surface area contributed by atoms with E-state index in [1.165, 1.54) is 47.3 Å². The fourth-order valence-corrected chi connectivity index (χ4v) is 7.19. The molecule has 0 unspecified atom stereocenters. The molecule has 0 radical (unpaired) electrons. The first-order valence-corrected chi connectivity index (χ1v) is 15.1. The molecular formula is C26H31N5O3S3. The second kappa shape index (κ2) is 11.9. The summed E-state index contributed by atoms with van der Waals surface area (Å²) in [6, 6.07) is 7.98. The molecule has 0 spiro atoms. The van der Waals surface area contributed by atoms with E-state index in [-0.39, 0.29) is 30.1 Å². The first-order chi connectivity index (χ1) is 18.0. The number of rotatable bonds is 7. The number of amides is 3. The molecule has 0 atom stereocenters. The lowest BCUT2D eigenvalue weighted by molar-refractivity contribution is -0.132. The molecular weight excluding hydrogens is 527 g/mol. The highest BCUT2D eigenvalue weighted by atomic mass is 32.2. The van der Waals surface area contributed by atoms with E-state index in [4.69, 9.17) is 12.2 Å². The van der Waals surface area contributed by atoms with Crippen molar-refractivity contribution in [3.8, 4) is 0 Å². The summed E-state index contributed by atoms with van der Waals surface area (Å²) in [5.74, 6) is 0.460. The van der Waals surface area contributed by atoms with Crippen molar-refractivity contribution in [3.05, 3.63) is 40.3 Å². The molecule has 1 aromatic carbocycles. The molecule has 11 heteroatoms. The number of thioether (sulfide) groups is 1.